The predicted octanol–water partition coefficient (Wildman–Crippen LogP) is 3.32. The minimum absolute atomic E-state index is 0.0315. The van der Waals surface area contributed by atoms with Crippen LogP contribution in [0.15, 0.2) is 36.9 Å². The number of rotatable bonds is 2. The lowest BCUT2D eigenvalue weighted by atomic mass is 9.91. The molecule has 0 spiro atoms. The molecule has 2 heterocycles. The molecule has 33 heavy (non-hydrogen) atoms. The van der Waals surface area contributed by atoms with Gasteiger partial charge in [0.2, 0.25) is 5.91 Å². The first kappa shape index (κ1) is 22.5. The largest absolute Gasteiger partial charge is 0.507 e. The Balaban J connectivity index is 1.82. The lowest BCUT2D eigenvalue weighted by Crippen LogP contribution is -2.57. The van der Waals surface area contributed by atoms with Crippen LogP contribution in [0, 0.1) is 6.92 Å². The number of halogens is 3. The molecular formula is C23H21F3N2O5. The van der Waals surface area contributed by atoms with Crippen LogP contribution in [0.1, 0.15) is 21.5 Å². The van der Waals surface area contributed by atoms with E-state index in [0.29, 0.717) is 0 Å². The molecule has 0 aliphatic carbocycles. The minimum atomic E-state index is -4.76. The number of carbonyl (C=O) groups is 2. The summed E-state index contributed by atoms with van der Waals surface area (Å²) in [5, 5.41) is 21.0. The molecule has 4 rings (SSSR count). The van der Waals surface area contributed by atoms with Crippen molar-refractivity contribution in [1.29, 1.82) is 0 Å². The molecule has 7 nitrogen and oxygen atoms in total. The standard InChI is InChI=1S/C23H21F3N2O5/c1-3-18(31)27-7-8-28-13(10-27)11-33-21-12(2)14(9-17(30)20(21)22(28)32)19-15(23(24,25)26)5-4-6-16(19)29/h3-6,9,13,29-30H,1,7-8,10-11H2,2H3/t13-/m1/s1. The maximum absolute atomic E-state index is 13.6. The zero-order valence-corrected chi connectivity index (χ0v) is 17.6. The normalized spacial score (nSPS) is 18.2. The molecule has 2 amide bonds. The first-order valence-electron chi connectivity index (χ1n) is 10.2. The molecule has 0 radical (unpaired) electrons. The Morgan fingerprint density at radius 3 is 2.61 bits per heavy atom. The van der Waals surface area contributed by atoms with E-state index in [1.165, 1.54) is 22.8 Å². The number of aromatic hydroxyl groups is 2. The van der Waals surface area contributed by atoms with Gasteiger partial charge in [-0.3, -0.25) is 9.59 Å². The smallest absolute Gasteiger partial charge is 0.417 e. The molecule has 10 heteroatoms. The molecule has 2 aromatic carbocycles. The highest BCUT2D eigenvalue weighted by Gasteiger charge is 2.40. The van der Waals surface area contributed by atoms with Crippen molar-refractivity contribution in [2.45, 2.75) is 19.1 Å². The van der Waals surface area contributed by atoms with E-state index in [2.05, 4.69) is 6.58 Å². The van der Waals surface area contributed by atoms with E-state index in [-0.39, 0.29) is 54.6 Å². The maximum atomic E-state index is 13.6. The predicted molar refractivity (Wildman–Crippen MR) is 112 cm³/mol. The van der Waals surface area contributed by atoms with Gasteiger partial charge in [0.25, 0.3) is 5.91 Å². The van der Waals surface area contributed by atoms with E-state index in [1.54, 1.807) is 0 Å². The van der Waals surface area contributed by atoms with Gasteiger partial charge in [0, 0.05) is 30.8 Å². The van der Waals surface area contributed by atoms with Gasteiger partial charge in [0.15, 0.2) is 0 Å². The maximum Gasteiger partial charge on any atom is 0.417 e. The highest BCUT2D eigenvalue weighted by atomic mass is 19.4. The molecule has 0 aromatic heterocycles. The van der Waals surface area contributed by atoms with E-state index in [4.69, 9.17) is 4.74 Å². The second kappa shape index (κ2) is 8.02. The summed E-state index contributed by atoms with van der Waals surface area (Å²) in [5.41, 5.74) is -1.69. The van der Waals surface area contributed by atoms with Crippen molar-refractivity contribution >= 4 is 11.8 Å². The average molecular weight is 462 g/mol. The fraction of sp³-hybridized carbons (Fsp3) is 0.304. The SMILES string of the molecule is C=CC(=O)N1CCN2C(=O)c3c(O)cc(-c4c(O)cccc4C(F)(F)F)c(C)c3OC[C@H]2C1. The molecule has 0 saturated carbocycles. The van der Waals surface area contributed by atoms with Gasteiger partial charge in [-0.15, -0.1) is 0 Å². The van der Waals surface area contributed by atoms with Gasteiger partial charge >= 0.3 is 6.18 Å². The van der Waals surface area contributed by atoms with Crippen molar-refractivity contribution < 1.29 is 37.7 Å². The second-order valence-electron chi connectivity index (χ2n) is 7.92. The Morgan fingerprint density at radius 1 is 1.21 bits per heavy atom. The number of amides is 2. The van der Waals surface area contributed by atoms with E-state index >= 15 is 0 Å². The summed E-state index contributed by atoms with van der Waals surface area (Å²) in [6.07, 6.45) is -3.59. The molecule has 0 bridgehead atoms. The van der Waals surface area contributed by atoms with Gasteiger partial charge < -0.3 is 24.7 Å². The Hall–Kier alpha value is -3.69. The zero-order chi connectivity index (χ0) is 24.1. The van der Waals surface area contributed by atoms with Crippen molar-refractivity contribution in [3.63, 3.8) is 0 Å². The zero-order valence-electron chi connectivity index (χ0n) is 17.6. The number of hydrogen-bond donors (Lipinski definition) is 2. The van der Waals surface area contributed by atoms with Gasteiger partial charge in [-0.05, 0) is 36.8 Å². The van der Waals surface area contributed by atoms with Crippen LogP contribution in [-0.2, 0) is 11.0 Å². The van der Waals surface area contributed by atoms with Crippen LogP contribution in [0.2, 0.25) is 0 Å². The van der Waals surface area contributed by atoms with Crippen LogP contribution < -0.4 is 4.74 Å². The fourth-order valence-electron chi connectivity index (χ4n) is 4.37. The third kappa shape index (κ3) is 3.75. The molecule has 2 aliphatic heterocycles. The summed E-state index contributed by atoms with van der Waals surface area (Å²) in [4.78, 5) is 28.3. The van der Waals surface area contributed by atoms with Gasteiger partial charge in [-0.25, -0.2) is 0 Å². The number of benzene rings is 2. The number of nitrogens with zero attached hydrogens (tertiary/aromatic N) is 2. The molecule has 1 fully saturated rings. The van der Waals surface area contributed by atoms with Crippen LogP contribution in [0.5, 0.6) is 17.2 Å². The molecule has 2 aliphatic rings. The van der Waals surface area contributed by atoms with Gasteiger partial charge in [0.05, 0.1) is 11.6 Å². The third-order valence-electron chi connectivity index (χ3n) is 5.99. The highest BCUT2D eigenvalue weighted by Crippen LogP contribution is 2.47. The fourth-order valence-corrected chi connectivity index (χ4v) is 4.37. The van der Waals surface area contributed by atoms with Gasteiger partial charge in [-0.2, -0.15) is 13.2 Å². The number of alkyl halides is 3. The highest BCUT2D eigenvalue weighted by molar-refractivity contribution is 6.02. The molecule has 2 aromatic rings. The number of fused-ring (bicyclic) bond motifs is 2. The topological polar surface area (TPSA) is 90.3 Å². The summed E-state index contributed by atoms with van der Waals surface area (Å²) in [6.45, 7) is 5.55. The summed E-state index contributed by atoms with van der Waals surface area (Å²) < 4.78 is 46.8. The second-order valence-corrected chi connectivity index (χ2v) is 7.92. The van der Waals surface area contributed by atoms with Crippen LogP contribution in [0.3, 0.4) is 0 Å². The van der Waals surface area contributed by atoms with Crippen LogP contribution in [0.25, 0.3) is 11.1 Å². The van der Waals surface area contributed by atoms with Crippen molar-refractivity contribution in [1.82, 2.24) is 9.80 Å². The average Bonchev–Trinajstić information content (AvgIpc) is 2.91. The van der Waals surface area contributed by atoms with E-state index in [1.807, 2.05) is 0 Å². The molecule has 174 valence electrons. The Kier molecular flexibility index (Phi) is 5.47. The third-order valence-corrected chi connectivity index (χ3v) is 5.99. The van der Waals surface area contributed by atoms with Crippen LogP contribution >= 0.6 is 0 Å². The lowest BCUT2D eigenvalue weighted by Gasteiger charge is -2.39. The van der Waals surface area contributed by atoms with Crippen molar-refractivity contribution in [3.8, 4) is 28.4 Å². The number of ether oxygens (including phenoxy) is 1. The van der Waals surface area contributed by atoms with Crippen molar-refractivity contribution in [3.05, 3.63) is 53.6 Å². The molecule has 1 atom stereocenters. The number of hydrogen-bond acceptors (Lipinski definition) is 5. The number of carbonyl (C=O) groups excluding carboxylic acids is 2. The molecular weight excluding hydrogens is 441 g/mol. The summed E-state index contributed by atoms with van der Waals surface area (Å²) >= 11 is 0. The monoisotopic (exact) mass is 462 g/mol. The van der Waals surface area contributed by atoms with E-state index < -0.39 is 40.8 Å². The minimum Gasteiger partial charge on any atom is -0.507 e. The first-order valence-corrected chi connectivity index (χ1v) is 10.2. The van der Waals surface area contributed by atoms with Gasteiger partial charge in [0.1, 0.15) is 29.4 Å². The van der Waals surface area contributed by atoms with E-state index in [0.717, 1.165) is 24.3 Å². The Bertz CT molecular complexity index is 1160. The number of phenols is 2. The Labute approximate surface area is 187 Å². The summed E-state index contributed by atoms with van der Waals surface area (Å²) in [6, 6.07) is 3.55. The molecule has 2 N–H and O–H groups in total. The van der Waals surface area contributed by atoms with Crippen molar-refractivity contribution in [2.24, 2.45) is 0 Å². The van der Waals surface area contributed by atoms with Crippen LogP contribution in [-0.4, -0.2) is 64.1 Å². The number of phenolic OH excluding ortho intramolecular Hbond substituents is 2. The van der Waals surface area contributed by atoms with Crippen LogP contribution in [0.4, 0.5) is 13.2 Å². The van der Waals surface area contributed by atoms with Gasteiger partial charge in [-0.1, -0.05) is 12.6 Å². The first-order chi connectivity index (χ1) is 15.5. The Morgan fingerprint density at radius 2 is 1.94 bits per heavy atom. The van der Waals surface area contributed by atoms with E-state index in [9.17, 15) is 33.0 Å². The summed E-state index contributed by atoms with van der Waals surface area (Å²) in [7, 11) is 0. The summed E-state index contributed by atoms with van der Waals surface area (Å²) in [5.74, 6) is -2.06. The lowest BCUT2D eigenvalue weighted by molar-refractivity contribution is -0.137. The van der Waals surface area contributed by atoms with Crippen molar-refractivity contribution in [2.75, 3.05) is 26.2 Å². The molecule has 0 unspecified atom stereocenters. The quantitative estimate of drug-likeness (QED) is 0.669. The molecule has 1 saturated heterocycles. The number of piperazine rings is 1.